The Bertz CT molecular complexity index is 433. The molecule has 3 unspecified atom stereocenters. The molecular weight excluding hydrogens is 327 g/mol. The smallest absolute Gasteiger partial charge is 0.127 e. The molecule has 0 N–H and O–H groups in total. The highest BCUT2D eigenvalue weighted by Gasteiger charge is 2.31. The van der Waals surface area contributed by atoms with E-state index >= 15 is 0 Å². The molecule has 3 heteroatoms. The lowest BCUT2D eigenvalue weighted by Gasteiger charge is -2.35. The molecule has 0 aromatic heterocycles. The molecule has 1 aliphatic rings. The van der Waals surface area contributed by atoms with Gasteiger partial charge < -0.3 is 0 Å². The predicted octanol–water partition coefficient (Wildman–Crippen LogP) is 5.81. The fraction of sp³-hybridized carbons (Fsp3) is 0.625. The lowest BCUT2D eigenvalue weighted by atomic mass is 9.74. The monoisotopic (exact) mass is 346 g/mol. The van der Waals surface area contributed by atoms with Crippen LogP contribution in [0.2, 0.25) is 0 Å². The van der Waals surface area contributed by atoms with E-state index < -0.39 is 0 Å². The minimum atomic E-state index is -0.120. The van der Waals surface area contributed by atoms with Crippen molar-refractivity contribution in [1.82, 2.24) is 0 Å². The van der Waals surface area contributed by atoms with Crippen LogP contribution >= 0.6 is 27.5 Å². The van der Waals surface area contributed by atoms with Gasteiger partial charge in [0.1, 0.15) is 5.82 Å². The van der Waals surface area contributed by atoms with Crippen LogP contribution in [0.5, 0.6) is 0 Å². The molecule has 1 saturated carbocycles. The summed E-state index contributed by atoms with van der Waals surface area (Å²) < 4.78 is 14.7. The second-order valence-electron chi connectivity index (χ2n) is 6.03. The predicted molar refractivity (Wildman–Crippen MR) is 83.1 cm³/mol. The Morgan fingerprint density at radius 2 is 2.11 bits per heavy atom. The first-order chi connectivity index (χ1) is 8.97. The van der Waals surface area contributed by atoms with Crippen LogP contribution in [0.4, 0.5) is 4.39 Å². The fourth-order valence-electron chi connectivity index (χ4n) is 3.05. The molecule has 1 aliphatic carbocycles. The van der Waals surface area contributed by atoms with Crippen molar-refractivity contribution < 1.29 is 4.39 Å². The van der Waals surface area contributed by atoms with Gasteiger partial charge in [0, 0.05) is 9.85 Å². The Kier molecular flexibility index (Phi) is 5.30. The first-order valence-electron chi connectivity index (χ1n) is 7.05. The first-order valence-corrected chi connectivity index (χ1v) is 8.28. The first kappa shape index (κ1) is 15.3. The van der Waals surface area contributed by atoms with Crippen LogP contribution in [0.1, 0.15) is 38.7 Å². The van der Waals surface area contributed by atoms with Gasteiger partial charge in [0.2, 0.25) is 0 Å². The SMILES string of the molecule is CC(C)C1CCC(Cl)C(Cc2ccc(Br)cc2F)C1. The van der Waals surface area contributed by atoms with Crippen molar-refractivity contribution in [2.24, 2.45) is 17.8 Å². The molecule has 0 nitrogen and oxygen atoms in total. The molecule has 0 amide bonds. The van der Waals surface area contributed by atoms with Crippen LogP contribution in [0, 0.1) is 23.6 Å². The fourth-order valence-corrected chi connectivity index (χ4v) is 3.70. The van der Waals surface area contributed by atoms with E-state index in [1.54, 1.807) is 6.07 Å². The summed E-state index contributed by atoms with van der Waals surface area (Å²) in [6, 6.07) is 5.33. The van der Waals surface area contributed by atoms with Crippen LogP contribution in [-0.4, -0.2) is 5.38 Å². The summed E-state index contributed by atoms with van der Waals surface area (Å²) in [5.41, 5.74) is 0.795. The summed E-state index contributed by atoms with van der Waals surface area (Å²) in [5.74, 6) is 1.71. The molecule has 0 bridgehead atoms. The van der Waals surface area contributed by atoms with Gasteiger partial charge in [-0.25, -0.2) is 4.39 Å². The van der Waals surface area contributed by atoms with Gasteiger partial charge in [-0.3, -0.25) is 0 Å². The molecule has 0 spiro atoms. The maximum atomic E-state index is 13.9. The van der Waals surface area contributed by atoms with E-state index in [1.165, 1.54) is 6.42 Å². The average Bonchev–Trinajstić information content (AvgIpc) is 2.34. The highest BCUT2D eigenvalue weighted by atomic mass is 79.9. The van der Waals surface area contributed by atoms with E-state index in [0.717, 1.165) is 35.2 Å². The van der Waals surface area contributed by atoms with Crippen molar-refractivity contribution in [1.29, 1.82) is 0 Å². The molecule has 0 saturated heterocycles. The Labute approximate surface area is 128 Å². The molecule has 0 radical (unpaired) electrons. The van der Waals surface area contributed by atoms with Crippen LogP contribution in [0.25, 0.3) is 0 Å². The third kappa shape index (κ3) is 3.95. The highest BCUT2D eigenvalue weighted by Crippen LogP contribution is 2.38. The Balaban J connectivity index is 2.07. The van der Waals surface area contributed by atoms with Crippen molar-refractivity contribution in [2.45, 2.75) is 44.9 Å². The minimum Gasteiger partial charge on any atom is -0.207 e. The molecule has 1 aromatic carbocycles. The van der Waals surface area contributed by atoms with E-state index in [4.69, 9.17) is 11.6 Å². The van der Waals surface area contributed by atoms with Crippen LogP contribution in [0.15, 0.2) is 22.7 Å². The van der Waals surface area contributed by atoms with E-state index in [0.29, 0.717) is 11.8 Å². The topological polar surface area (TPSA) is 0 Å². The van der Waals surface area contributed by atoms with Crippen molar-refractivity contribution in [3.63, 3.8) is 0 Å². The van der Waals surface area contributed by atoms with Gasteiger partial charge in [0.25, 0.3) is 0 Å². The summed E-state index contributed by atoms with van der Waals surface area (Å²) in [6.07, 6.45) is 4.16. The van der Waals surface area contributed by atoms with Gasteiger partial charge in [0.15, 0.2) is 0 Å². The summed E-state index contributed by atoms with van der Waals surface area (Å²) >= 11 is 9.75. The van der Waals surface area contributed by atoms with E-state index in [2.05, 4.69) is 29.8 Å². The van der Waals surface area contributed by atoms with Gasteiger partial charge in [-0.05, 0) is 61.1 Å². The third-order valence-corrected chi connectivity index (χ3v) is 5.44. The quantitative estimate of drug-likeness (QED) is 0.605. The molecule has 106 valence electrons. The Hall–Kier alpha value is -0.0800. The molecule has 19 heavy (non-hydrogen) atoms. The maximum Gasteiger partial charge on any atom is 0.127 e. The average molecular weight is 348 g/mol. The highest BCUT2D eigenvalue weighted by molar-refractivity contribution is 9.10. The standard InChI is InChI=1S/C16H21BrClF/c1-10(2)11-4-6-15(18)13(7-11)8-12-3-5-14(17)9-16(12)19/h3,5,9-11,13,15H,4,6-8H2,1-2H3. The zero-order valence-electron chi connectivity index (χ0n) is 11.5. The van der Waals surface area contributed by atoms with Crippen LogP contribution < -0.4 is 0 Å². The van der Waals surface area contributed by atoms with Crippen molar-refractivity contribution >= 4 is 27.5 Å². The number of alkyl halides is 1. The molecule has 1 fully saturated rings. The Morgan fingerprint density at radius 1 is 1.37 bits per heavy atom. The second kappa shape index (κ2) is 6.58. The van der Waals surface area contributed by atoms with Gasteiger partial charge >= 0.3 is 0 Å². The van der Waals surface area contributed by atoms with Crippen molar-refractivity contribution in [2.75, 3.05) is 0 Å². The molecule has 0 heterocycles. The number of halogens is 3. The van der Waals surface area contributed by atoms with Crippen LogP contribution in [0.3, 0.4) is 0 Å². The zero-order valence-corrected chi connectivity index (χ0v) is 13.8. The second-order valence-corrected chi connectivity index (χ2v) is 7.51. The van der Waals surface area contributed by atoms with Crippen molar-refractivity contribution in [3.8, 4) is 0 Å². The van der Waals surface area contributed by atoms with Gasteiger partial charge in [-0.15, -0.1) is 11.6 Å². The normalized spacial score (nSPS) is 27.8. The van der Waals surface area contributed by atoms with Crippen molar-refractivity contribution in [3.05, 3.63) is 34.1 Å². The maximum absolute atomic E-state index is 13.9. The van der Waals surface area contributed by atoms with Gasteiger partial charge in [0.05, 0.1) is 0 Å². The lowest BCUT2D eigenvalue weighted by molar-refractivity contribution is 0.217. The third-order valence-electron chi connectivity index (χ3n) is 4.37. The Morgan fingerprint density at radius 3 is 2.74 bits per heavy atom. The van der Waals surface area contributed by atoms with E-state index in [1.807, 2.05) is 12.1 Å². The lowest BCUT2D eigenvalue weighted by Crippen LogP contribution is -2.29. The van der Waals surface area contributed by atoms with Gasteiger partial charge in [-0.2, -0.15) is 0 Å². The van der Waals surface area contributed by atoms with E-state index in [-0.39, 0.29) is 11.2 Å². The molecule has 0 aliphatic heterocycles. The number of benzene rings is 1. The number of rotatable bonds is 3. The number of hydrogen-bond acceptors (Lipinski definition) is 0. The molecule has 3 atom stereocenters. The summed E-state index contributed by atoms with van der Waals surface area (Å²) in [7, 11) is 0. The van der Waals surface area contributed by atoms with Gasteiger partial charge in [-0.1, -0.05) is 35.8 Å². The molecule has 2 rings (SSSR count). The zero-order chi connectivity index (χ0) is 14.0. The largest absolute Gasteiger partial charge is 0.207 e. The summed E-state index contributed by atoms with van der Waals surface area (Å²) in [5, 5.41) is 0.193. The molecule has 1 aromatic rings. The number of hydrogen-bond donors (Lipinski definition) is 0. The molecular formula is C16H21BrClF. The minimum absolute atomic E-state index is 0.120. The summed E-state index contributed by atoms with van der Waals surface area (Å²) in [4.78, 5) is 0. The van der Waals surface area contributed by atoms with E-state index in [9.17, 15) is 4.39 Å². The summed E-state index contributed by atoms with van der Waals surface area (Å²) in [6.45, 7) is 4.55. The van der Waals surface area contributed by atoms with Crippen LogP contribution in [-0.2, 0) is 6.42 Å².